The molecule has 1 aromatic heterocycles. The van der Waals surface area contributed by atoms with Crippen LogP contribution in [0.4, 0.5) is 5.13 Å². The number of carbonyl (C=O) groups excluding carboxylic acids is 1. The lowest BCUT2D eigenvalue weighted by atomic mass is 10.1. The zero-order valence-corrected chi connectivity index (χ0v) is 16.5. The number of hydrogen-bond acceptors (Lipinski definition) is 5. The summed E-state index contributed by atoms with van der Waals surface area (Å²) in [5, 5.41) is 9.70. The van der Waals surface area contributed by atoms with E-state index in [1.165, 1.54) is 16.9 Å². The van der Waals surface area contributed by atoms with Gasteiger partial charge >= 0.3 is 0 Å². The van der Waals surface area contributed by atoms with Crippen molar-refractivity contribution in [3.63, 3.8) is 0 Å². The molecule has 0 N–H and O–H groups in total. The molecule has 1 aliphatic heterocycles. The Labute approximate surface area is 168 Å². The van der Waals surface area contributed by atoms with Crippen molar-refractivity contribution in [3.8, 4) is 6.07 Å². The number of amides is 1. The average Bonchev–Trinajstić information content (AvgIpc) is 3.40. The van der Waals surface area contributed by atoms with Crippen molar-refractivity contribution in [2.24, 2.45) is 0 Å². The van der Waals surface area contributed by atoms with Crippen LogP contribution in [0, 0.1) is 11.3 Å². The van der Waals surface area contributed by atoms with Gasteiger partial charge in [0.15, 0.2) is 5.13 Å². The zero-order chi connectivity index (χ0) is 19.5. The summed E-state index contributed by atoms with van der Waals surface area (Å²) in [6, 6.07) is 15.0. The number of fused-ring (bicyclic) bond motifs is 1. The quantitative estimate of drug-likeness (QED) is 0.640. The smallest absolute Gasteiger partial charge is 0.260 e. The number of aromatic nitrogens is 1. The summed E-state index contributed by atoms with van der Waals surface area (Å²) in [5.74, 6) is -0.114. The van der Waals surface area contributed by atoms with E-state index in [1.54, 1.807) is 29.2 Å². The van der Waals surface area contributed by atoms with Crippen LogP contribution >= 0.6 is 11.3 Å². The molecule has 1 amide bonds. The van der Waals surface area contributed by atoms with Crippen LogP contribution in [0.2, 0.25) is 0 Å². The Bertz CT molecular complexity index is 1030. The minimum Gasteiger partial charge on any atom is -0.376 e. The first kappa shape index (κ1) is 18.6. The van der Waals surface area contributed by atoms with E-state index >= 15 is 0 Å². The van der Waals surface area contributed by atoms with Crippen LogP contribution in [-0.4, -0.2) is 30.1 Å². The number of aryl methyl sites for hydroxylation is 1. The molecule has 2 aromatic carbocycles. The fourth-order valence-corrected chi connectivity index (χ4v) is 4.50. The largest absolute Gasteiger partial charge is 0.376 e. The van der Waals surface area contributed by atoms with Gasteiger partial charge in [-0.1, -0.05) is 30.4 Å². The molecule has 2 heterocycles. The molecule has 28 heavy (non-hydrogen) atoms. The molecule has 1 atom stereocenters. The van der Waals surface area contributed by atoms with Crippen LogP contribution in [0.25, 0.3) is 10.2 Å². The zero-order valence-electron chi connectivity index (χ0n) is 15.7. The van der Waals surface area contributed by atoms with Gasteiger partial charge in [-0.05, 0) is 55.2 Å². The maximum Gasteiger partial charge on any atom is 0.260 e. The van der Waals surface area contributed by atoms with E-state index < -0.39 is 0 Å². The molecular formula is C22H21N3O2S. The van der Waals surface area contributed by atoms with Gasteiger partial charge in [0.2, 0.25) is 0 Å². The first-order chi connectivity index (χ1) is 13.7. The van der Waals surface area contributed by atoms with E-state index in [1.807, 2.05) is 12.1 Å². The van der Waals surface area contributed by atoms with E-state index in [0.717, 1.165) is 36.1 Å². The summed E-state index contributed by atoms with van der Waals surface area (Å²) >= 11 is 1.54. The maximum absolute atomic E-state index is 13.3. The van der Waals surface area contributed by atoms with Crippen LogP contribution in [-0.2, 0) is 11.2 Å². The van der Waals surface area contributed by atoms with Gasteiger partial charge < -0.3 is 4.74 Å². The number of benzene rings is 2. The molecule has 5 nitrogen and oxygen atoms in total. The van der Waals surface area contributed by atoms with Gasteiger partial charge in [-0.25, -0.2) is 4.98 Å². The Hall–Kier alpha value is -2.75. The third-order valence-electron chi connectivity index (χ3n) is 5.02. The molecule has 1 aliphatic rings. The molecule has 3 aromatic rings. The number of carbonyl (C=O) groups is 1. The molecule has 1 unspecified atom stereocenters. The Morgan fingerprint density at radius 2 is 2.14 bits per heavy atom. The molecule has 0 spiro atoms. The van der Waals surface area contributed by atoms with Crippen molar-refractivity contribution in [1.29, 1.82) is 5.26 Å². The molecule has 142 valence electrons. The Balaban J connectivity index is 1.72. The number of nitriles is 1. The predicted octanol–water partition coefficient (Wildman–Crippen LogP) is 4.56. The van der Waals surface area contributed by atoms with Crippen LogP contribution in [0.1, 0.15) is 41.3 Å². The van der Waals surface area contributed by atoms with Gasteiger partial charge in [0, 0.05) is 12.2 Å². The predicted molar refractivity (Wildman–Crippen MR) is 111 cm³/mol. The normalized spacial score (nSPS) is 16.2. The molecule has 6 heteroatoms. The maximum atomic E-state index is 13.3. The van der Waals surface area contributed by atoms with Gasteiger partial charge in [-0.15, -0.1) is 0 Å². The second-order valence-corrected chi connectivity index (χ2v) is 7.86. The number of rotatable bonds is 5. The van der Waals surface area contributed by atoms with E-state index in [9.17, 15) is 4.79 Å². The van der Waals surface area contributed by atoms with Crippen molar-refractivity contribution < 1.29 is 9.53 Å². The monoisotopic (exact) mass is 391 g/mol. The van der Waals surface area contributed by atoms with Crippen molar-refractivity contribution in [2.45, 2.75) is 32.3 Å². The second-order valence-electron chi connectivity index (χ2n) is 6.85. The molecule has 4 rings (SSSR count). The highest BCUT2D eigenvalue weighted by Crippen LogP contribution is 2.32. The SMILES string of the molecule is CCc1cccc2sc(N(CC3CCCO3)C(=O)c3ccc(C#N)cc3)nc12. The summed E-state index contributed by atoms with van der Waals surface area (Å²) < 4.78 is 6.87. The van der Waals surface area contributed by atoms with E-state index in [2.05, 4.69) is 19.1 Å². The minimum atomic E-state index is -0.114. The highest BCUT2D eigenvalue weighted by Gasteiger charge is 2.27. The summed E-state index contributed by atoms with van der Waals surface area (Å²) in [6.45, 7) is 3.34. The van der Waals surface area contributed by atoms with Crippen LogP contribution in [0.5, 0.6) is 0 Å². The molecule has 1 saturated heterocycles. The third kappa shape index (κ3) is 3.64. The molecule has 0 radical (unpaired) electrons. The van der Waals surface area contributed by atoms with E-state index in [4.69, 9.17) is 15.0 Å². The average molecular weight is 391 g/mol. The van der Waals surface area contributed by atoms with Gasteiger partial charge in [0.25, 0.3) is 5.91 Å². The molecular weight excluding hydrogens is 370 g/mol. The fraction of sp³-hybridized carbons (Fsp3) is 0.318. The summed E-state index contributed by atoms with van der Waals surface area (Å²) in [4.78, 5) is 19.9. The number of para-hydroxylation sites is 1. The van der Waals surface area contributed by atoms with Crippen LogP contribution < -0.4 is 4.90 Å². The van der Waals surface area contributed by atoms with E-state index in [0.29, 0.717) is 22.8 Å². The fourth-order valence-electron chi connectivity index (χ4n) is 3.48. The van der Waals surface area contributed by atoms with Crippen molar-refractivity contribution in [2.75, 3.05) is 18.1 Å². The highest BCUT2D eigenvalue weighted by molar-refractivity contribution is 7.22. The lowest BCUT2D eigenvalue weighted by Crippen LogP contribution is -2.37. The number of hydrogen-bond donors (Lipinski definition) is 0. The van der Waals surface area contributed by atoms with Crippen LogP contribution in [0.15, 0.2) is 42.5 Å². The molecule has 0 saturated carbocycles. The lowest BCUT2D eigenvalue weighted by Gasteiger charge is -2.23. The van der Waals surface area contributed by atoms with Gasteiger partial charge in [0.05, 0.1) is 34.5 Å². The number of nitrogens with zero attached hydrogens (tertiary/aromatic N) is 3. The molecule has 0 aliphatic carbocycles. The summed E-state index contributed by atoms with van der Waals surface area (Å²) in [7, 11) is 0. The minimum absolute atomic E-state index is 0.0278. The van der Waals surface area contributed by atoms with Crippen molar-refractivity contribution >= 4 is 32.6 Å². The molecule has 1 fully saturated rings. The first-order valence-electron chi connectivity index (χ1n) is 9.51. The van der Waals surface area contributed by atoms with Crippen molar-refractivity contribution in [3.05, 3.63) is 59.2 Å². The summed E-state index contributed by atoms with van der Waals surface area (Å²) in [5.41, 5.74) is 3.24. The topological polar surface area (TPSA) is 66.2 Å². The Morgan fingerprint density at radius 3 is 2.82 bits per heavy atom. The standard InChI is InChI=1S/C22H21N3O2S/c1-2-16-5-3-7-19-20(16)24-22(28-19)25(14-18-6-4-12-27-18)21(26)17-10-8-15(13-23)9-11-17/h3,5,7-11,18H,2,4,6,12,14H2,1H3. The third-order valence-corrected chi connectivity index (χ3v) is 6.06. The number of thiazole rings is 1. The Morgan fingerprint density at radius 1 is 1.32 bits per heavy atom. The number of anilines is 1. The van der Waals surface area contributed by atoms with Crippen LogP contribution in [0.3, 0.4) is 0 Å². The lowest BCUT2D eigenvalue weighted by molar-refractivity contribution is 0.0917. The van der Waals surface area contributed by atoms with Gasteiger partial charge in [0.1, 0.15) is 0 Å². The summed E-state index contributed by atoms with van der Waals surface area (Å²) in [6.07, 6.45) is 2.89. The van der Waals surface area contributed by atoms with Crippen molar-refractivity contribution in [1.82, 2.24) is 4.98 Å². The van der Waals surface area contributed by atoms with Gasteiger partial charge in [-0.2, -0.15) is 5.26 Å². The second kappa shape index (κ2) is 8.09. The molecule has 0 bridgehead atoms. The number of ether oxygens (including phenoxy) is 1. The highest BCUT2D eigenvalue weighted by atomic mass is 32.1. The van der Waals surface area contributed by atoms with Gasteiger partial charge in [-0.3, -0.25) is 9.69 Å². The van der Waals surface area contributed by atoms with E-state index in [-0.39, 0.29) is 12.0 Å². The first-order valence-corrected chi connectivity index (χ1v) is 10.3. The Kier molecular flexibility index (Phi) is 5.38.